The second-order valence-corrected chi connectivity index (χ2v) is 8.94. The van der Waals surface area contributed by atoms with Gasteiger partial charge < -0.3 is 22.1 Å². The first kappa shape index (κ1) is 23.9. The molecule has 0 spiro atoms. The van der Waals surface area contributed by atoms with Crippen LogP contribution < -0.4 is 22.1 Å². The lowest BCUT2D eigenvalue weighted by Crippen LogP contribution is -2.50. The van der Waals surface area contributed by atoms with E-state index < -0.39 is 17.4 Å². The molecule has 0 bridgehead atoms. The van der Waals surface area contributed by atoms with Crippen molar-refractivity contribution in [2.45, 2.75) is 39.3 Å². The van der Waals surface area contributed by atoms with Gasteiger partial charge in [-0.25, -0.2) is 4.98 Å². The summed E-state index contributed by atoms with van der Waals surface area (Å²) in [5.41, 5.74) is 12.6. The SMILES string of the molecule is CC(C)(C)[C@@H](N)C(=O)NC[C@H](C(=O)NCc1ccc(N)nc1)c1ccc(Cl)c(Cl)c1. The van der Waals surface area contributed by atoms with Gasteiger partial charge in [0, 0.05) is 19.3 Å². The highest BCUT2D eigenvalue weighted by Crippen LogP contribution is 2.27. The van der Waals surface area contributed by atoms with E-state index in [1.165, 1.54) is 0 Å². The largest absolute Gasteiger partial charge is 0.384 e. The minimum Gasteiger partial charge on any atom is -0.384 e. The molecule has 6 N–H and O–H groups in total. The van der Waals surface area contributed by atoms with Crippen molar-refractivity contribution < 1.29 is 9.59 Å². The number of carbonyl (C=O) groups excluding carboxylic acids is 2. The van der Waals surface area contributed by atoms with Crippen LogP contribution in [-0.4, -0.2) is 29.4 Å². The molecule has 0 aliphatic heterocycles. The Bertz CT molecular complexity index is 897. The Balaban J connectivity index is 2.15. The van der Waals surface area contributed by atoms with E-state index in [0.29, 0.717) is 21.4 Å². The number of rotatable bonds is 7. The fraction of sp³-hybridized carbons (Fsp3) is 0.381. The highest BCUT2D eigenvalue weighted by Gasteiger charge is 2.29. The van der Waals surface area contributed by atoms with Crippen molar-refractivity contribution in [3.63, 3.8) is 0 Å². The molecule has 30 heavy (non-hydrogen) atoms. The molecule has 0 radical (unpaired) electrons. The molecule has 2 aromatic rings. The zero-order valence-corrected chi connectivity index (χ0v) is 18.7. The molecule has 1 aromatic carbocycles. The van der Waals surface area contributed by atoms with Crippen LogP contribution in [-0.2, 0) is 16.1 Å². The fourth-order valence-corrected chi connectivity index (χ4v) is 2.96. The van der Waals surface area contributed by atoms with E-state index in [4.69, 9.17) is 34.7 Å². The van der Waals surface area contributed by atoms with E-state index in [-0.39, 0.29) is 24.9 Å². The fourth-order valence-electron chi connectivity index (χ4n) is 2.65. The molecule has 0 saturated heterocycles. The van der Waals surface area contributed by atoms with Crippen LogP contribution in [0.3, 0.4) is 0 Å². The van der Waals surface area contributed by atoms with Crippen molar-refractivity contribution in [1.29, 1.82) is 0 Å². The van der Waals surface area contributed by atoms with Crippen molar-refractivity contribution in [3.8, 4) is 0 Å². The standard InChI is InChI=1S/C21H27Cl2N5O2/c1-21(2,3)18(25)20(30)28-11-14(13-5-6-15(22)16(23)8-13)19(29)27-10-12-4-7-17(24)26-9-12/h4-9,14,18H,10-11,25H2,1-3H3,(H2,24,26)(H,27,29)(H,28,30)/t14-,18-/m0/s1. The van der Waals surface area contributed by atoms with Crippen molar-refractivity contribution >= 4 is 40.8 Å². The average molecular weight is 452 g/mol. The van der Waals surface area contributed by atoms with Crippen molar-refractivity contribution in [2.75, 3.05) is 12.3 Å². The lowest BCUT2D eigenvalue weighted by Gasteiger charge is -2.27. The van der Waals surface area contributed by atoms with E-state index in [1.807, 2.05) is 20.8 Å². The molecule has 0 unspecified atom stereocenters. The van der Waals surface area contributed by atoms with Gasteiger partial charge >= 0.3 is 0 Å². The first-order valence-corrected chi connectivity index (χ1v) is 10.2. The third kappa shape index (κ3) is 6.58. The molecule has 0 aliphatic rings. The van der Waals surface area contributed by atoms with Crippen LogP contribution in [0, 0.1) is 5.41 Å². The quantitative estimate of drug-likeness (QED) is 0.515. The van der Waals surface area contributed by atoms with Gasteiger partial charge in [-0.05, 0) is 34.7 Å². The van der Waals surface area contributed by atoms with Gasteiger partial charge in [0.2, 0.25) is 11.8 Å². The molecule has 2 amide bonds. The van der Waals surface area contributed by atoms with E-state index in [2.05, 4.69) is 15.6 Å². The van der Waals surface area contributed by atoms with Crippen molar-refractivity contribution in [3.05, 3.63) is 57.7 Å². The number of nitrogens with one attached hydrogen (secondary N) is 2. The summed E-state index contributed by atoms with van der Waals surface area (Å²) in [6.45, 7) is 5.95. The molecule has 9 heteroatoms. The number of hydrogen-bond acceptors (Lipinski definition) is 5. The van der Waals surface area contributed by atoms with Gasteiger partial charge in [0.05, 0.1) is 22.0 Å². The van der Waals surface area contributed by atoms with Crippen molar-refractivity contribution in [2.24, 2.45) is 11.1 Å². The topological polar surface area (TPSA) is 123 Å². The number of amides is 2. The van der Waals surface area contributed by atoms with E-state index in [1.54, 1.807) is 36.5 Å². The molecule has 0 fully saturated rings. The van der Waals surface area contributed by atoms with Crippen LogP contribution >= 0.6 is 23.2 Å². The van der Waals surface area contributed by atoms with E-state index in [9.17, 15) is 9.59 Å². The Hall–Kier alpha value is -2.35. The lowest BCUT2D eigenvalue weighted by molar-refractivity contribution is -0.125. The molecule has 2 rings (SSSR count). The van der Waals surface area contributed by atoms with Crippen LogP contribution in [0.1, 0.15) is 37.8 Å². The Morgan fingerprint density at radius 2 is 1.77 bits per heavy atom. The summed E-state index contributed by atoms with van der Waals surface area (Å²) in [6.07, 6.45) is 1.59. The summed E-state index contributed by atoms with van der Waals surface area (Å²) >= 11 is 12.1. The second kappa shape index (κ2) is 10.1. The first-order chi connectivity index (χ1) is 14.0. The zero-order valence-electron chi connectivity index (χ0n) is 17.2. The van der Waals surface area contributed by atoms with Crippen LogP contribution in [0.25, 0.3) is 0 Å². The van der Waals surface area contributed by atoms with Crippen LogP contribution in [0.5, 0.6) is 0 Å². The lowest BCUT2D eigenvalue weighted by atomic mass is 9.87. The van der Waals surface area contributed by atoms with Gasteiger partial charge in [-0.1, -0.05) is 56.1 Å². The normalized spacial score (nSPS) is 13.4. The molecule has 0 aliphatic carbocycles. The number of pyridine rings is 1. The summed E-state index contributed by atoms with van der Waals surface area (Å²) in [7, 11) is 0. The third-order valence-corrected chi connectivity index (χ3v) is 5.41. The summed E-state index contributed by atoms with van der Waals surface area (Å²) < 4.78 is 0. The smallest absolute Gasteiger partial charge is 0.237 e. The Kier molecular flexibility index (Phi) is 8.06. The molecule has 1 heterocycles. The van der Waals surface area contributed by atoms with E-state index >= 15 is 0 Å². The molecular weight excluding hydrogens is 425 g/mol. The van der Waals surface area contributed by atoms with Crippen LogP contribution in [0.2, 0.25) is 10.0 Å². The second-order valence-electron chi connectivity index (χ2n) is 8.12. The summed E-state index contributed by atoms with van der Waals surface area (Å²) in [5.74, 6) is -0.896. The van der Waals surface area contributed by atoms with Gasteiger partial charge in [-0.2, -0.15) is 0 Å². The maximum atomic E-state index is 12.9. The van der Waals surface area contributed by atoms with Gasteiger partial charge in [0.25, 0.3) is 0 Å². The highest BCUT2D eigenvalue weighted by atomic mass is 35.5. The minimum atomic E-state index is -0.712. The van der Waals surface area contributed by atoms with Crippen molar-refractivity contribution in [1.82, 2.24) is 15.6 Å². The van der Waals surface area contributed by atoms with Gasteiger partial charge in [-0.3, -0.25) is 9.59 Å². The Morgan fingerprint density at radius 3 is 2.33 bits per heavy atom. The number of nitrogens with two attached hydrogens (primary N) is 2. The van der Waals surface area contributed by atoms with Crippen LogP contribution in [0.15, 0.2) is 36.5 Å². The number of carbonyl (C=O) groups is 2. The first-order valence-electron chi connectivity index (χ1n) is 9.45. The van der Waals surface area contributed by atoms with Crippen LogP contribution in [0.4, 0.5) is 5.82 Å². The number of halogens is 2. The zero-order chi connectivity index (χ0) is 22.5. The van der Waals surface area contributed by atoms with Gasteiger partial charge in [0.1, 0.15) is 5.82 Å². The minimum absolute atomic E-state index is 0.0619. The number of benzene rings is 1. The number of nitrogen functional groups attached to an aromatic ring is 1. The molecule has 7 nitrogen and oxygen atoms in total. The molecule has 1 aromatic heterocycles. The monoisotopic (exact) mass is 451 g/mol. The number of hydrogen-bond donors (Lipinski definition) is 4. The summed E-state index contributed by atoms with van der Waals surface area (Å²) in [5, 5.41) is 6.34. The number of aromatic nitrogens is 1. The molecule has 2 atom stereocenters. The maximum Gasteiger partial charge on any atom is 0.237 e. The summed E-state index contributed by atoms with van der Waals surface area (Å²) in [4.78, 5) is 29.4. The summed E-state index contributed by atoms with van der Waals surface area (Å²) in [6, 6.07) is 7.67. The van der Waals surface area contributed by atoms with E-state index in [0.717, 1.165) is 5.56 Å². The molecule has 0 saturated carbocycles. The molecular formula is C21H27Cl2N5O2. The average Bonchev–Trinajstić information content (AvgIpc) is 2.68. The predicted molar refractivity (Wildman–Crippen MR) is 120 cm³/mol. The third-order valence-electron chi connectivity index (χ3n) is 4.67. The molecule has 162 valence electrons. The predicted octanol–water partition coefficient (Wildman–Crippen LogP) is 2.86. The Morgan fingerprint density at radius 1 is 1.07 bits per heavy atom. The van der Waals surface area contributed by atoms with Gasteiger partial charge in [0.15, 0.2) is 0 Å². The maximum absolute atomic E-state index is 12.9. The Labute approximate surface area is 186 Å². The number of nitrogens with zero attached hydrogens (tertiary/aromatic N) is 1. The number of anilines is 1. The van der Waals surface area contributed by atoms with Gasteiger partial charge in [-0.15, -0.1) is 0 Å². The highest BCUT2D eigenvalue weighted by molar-refractivity contribution is 6.42.